The molecule has 1 aromatic rings. The van der Waals surface area contributed by atoms with Crippen molar-refractivity contribution < 1.29 is 8.78 Å². The number of nitriles is 1. The fourth-order valence-electron chi connectivity index (χ4n) is 0.845. The second kappa shape index (κ2) is 4.16. The number of hydrogen-bond donors (Lipinski definition) is 0. The average Bonchev–Trinajstić information content (AvgIpc) is 2.09. The summed E-state index contributed by atoms with van der Waals surface area (Å²) in [6.45, 7) is 0. The van der Waals surface area contributed by atoms with Crippen molar-refractivity contribution in [2.75, 3.05) is 0 Å². The molecule has 1 aromatic carbocycles. The molecular weight excluding hydrogens is 308 g/mol. The van der Waals surface area contributed by atoms with E-state index in [1.165, 1.54) is 0 Å². The number of nitrogens with zero attached hydrogens (tertiary/aromatic N) is 1. The summed E-state index contributed by atoms with van der Waals surface area (Å²) >= 11 is 5.73. The summed E-state index contributed by atoms with van der Waals surface area (Å²) in [7, 11) is 0. The van der Waals surface area contributed by atoms with Gasteiger partial charge in [-0.3, -0.25) is 0 Å². The lowest BCUT2D eigenvalue weighted by molar-refractivity contribution is 0.562. The number of benzene rings is 1. The van der Waals surface area contributed by atoms with Gasteiger partial charge in [-0.15, -0.1) is 0 Å². The molecule has 0 atom stereocenters. The van der Waals surface area contributed by atoms with Gasteiger partial charge in [0.25, 0.3) is 0 Å². The summed E-state index contributed by atoms with van der Waals surface area (Å²) in [4.78, 5) is 0. The first kappa shape index (κ1) is 10.6. The summed E-state index contributed by atoms with van der Waals surface area (Å²) in [5.41, 5.74) is 0.163. The van der Waals surface area contributed by atoms with Crippen molar-refractivity contribution >= 4 is 31.9 Å². The molecule has 0 saturated heterocycles. The van der Waals surface area contributed by atoms with Gasteiger partial charge in [0.05, 0.1) is 17.0 Å². The van der Waals surface area contributed by atoms with E-state index in [0.717, 1.165) is 6.07 Å². The van der Waals surface area contributed by atoms with Gasteiger partial charge >= 0.3 is 0 Å². The van der Waals surface area contributed by atoms with E-state index < -0.39 is 11.6 Å². The summed E-state index contributed by atoms with van der Waals surface area (Å²) in [5, 5.41) is 8.38. The third-order valence-electron chi connectivity index (χ3n) is 1.46. The molecule has 0 spiro atoms. The molecule has 68 valence electrons. The highest BCUT2D eigenvalue weighted by atomic mass is 79.9. The summed E-state index contributed by atoms with van der Waals surface area (Å²) in [6.07, 6.45) is -0.0920. The summed E-state index contributed by atoms with van der Waals surface area (Å²) in [6, 6.07) is 2.92. The van der Waals surface area contributed by atoms with Crippen molar-refractivity contribution in [3.63, 3.8) is 0 Å². The Morgan fingerprint density at radius 2 is 2.00 bits per heavy atom. The van der Waals surface area contributed by atoms with Crippen LogP contribution in [0, 0.1) is 23.0 Å². The van der Waals surface area contributed by atoms with Crippen molar-refractivity contribution in [3.05, 3.63) is 32.2 Å². The van der Waals surface area contributed by atoms with Gasteiger partial charge in [0.2, 0.25) is 0 Å². The normalized spacial score (nSPS) is 9.77. The quantitative estimate of drug-likeness (QED) is 0.575. The van der Waals surface area contributed by atoms with Gasteiger partial charge in [0.1, 0.15) is 11.6 Å². The van der Waals surface area contributed by atoms with E-state index in [1.807, 2.05) is 0 Å². The molecular formula is C8H3Br2F2N. The van der Waals surface area contributed by atoms with Crippen LogP contribution in [0.2, 0.25) is 0 Å². The minimum Gasteiger partial charge on any atom is -0.206 e. The van der Waals surface area contributed by atoms with Gasteiger partial charge < -0.3 is 0 Å². The molecule has 5 heteroatoms. The maximum atomic E-state index is 13.2. The Kier molecular flexibility index (Phi) is 3.40. The van der Waals surface area contributed by atoms with Crippen LogP contribution in [0.3, 0.4) is 0 Å². The second-order valence-electron chi connectivity index (χ2n) is 2.28. The average molecular weight is 311 g/mol. The highest BCUT2D eigenvalue weighted by Crippen LogP contribution is 2.29. The van der Waals surface area contributed by atoms with Crippen LogP contribution in [-0.4, -0.2) is 0 Å². The van der Waals surface area contributed by atoms with Gasteiger partial charge in [-0.05, 0) is 22.0 Å². The first-order valence-electron chi connectivity index (χ1n) is 3.26. The van der Waals surface area contributed by atoms with Crippen molar-refractivity contribution in [1.29, 1.82) is 5.26 Å². The predicted octanol–water partition coefficient (Wildman–Crippen LogP) is 3.56. The molecule has 0 radical (unpaired) electrons. The third-order valence-corrected chi connectivity index (χ3v) is 2.90. The lowest BCUT2D eigenvalue weighted by Gasteiger charge is -2.04. The van der Waals surface area contributed by atoms with Crippen molar-refractivity contribution in [2.24, 2.45) is 0 Å². The molecule has 13 heavy (non-hydrogen) atoms. The van der Waals surface area contributed by atoms with Crippen molar-refractivity contribution in [2.45, 2.75) is 6.42 Å². The fourth-order valence-corrected chi connectivity index (χ4v) is 1.71. The van der Waals surface area contributed by atoms with Crippen LogP contribution in [-0.2, 0) is 6.42 Å². The fraction of sp³-hybridized carbons (Fsp3) is 0.125. The zero-order valence-electron chi connectivity index (χ0n) is 6.24. The molecule has 0 amide bonds. The molecule has 0 heterocycles. The maximum absolute atomic E-state index is 13.2. The van der Waals surface area contributed by atoms with Gasteiger partial charge in [0.15, 0.2) is 0 Å². The van der Waals surface area contributed by atoms with E-state index >= 15 is 0 Å². The molecule has 0 aliphatic carbocycles. The Morgan fingerprint density at radius 1 is 1.38 bits per heavy atom. The van der Waals surface area contributed by atoms with Crippen molar-refractivity contribution in [1.82, 2.24) is 0 Å². The number of rotatable bonds is 1. The molecule has 0 aliphatic rings. The first-order chi connectivity index (χ1) is 6.07. The van der Waals surface area contributed by atoms with Gasteiger partial charge in [-0.2, -0.15) is 5.26 Å². The van der Waals surface area contributed by atoms with Crippen LogP contribution >= 0.6 is 31.9 Å². The van der Waals surface area contributed by atoms with E-state index in [4.69, 9.17) is 5.26 Å². The highest BCUT2D eigenvalue weighted by Gasteiger charge is 2.14. The molecule has 0 saturated carbocycles. The topological polar surface area (TPSA) is 23.8 Å². The van der Waals surface area contributed by atoms with Crippen LogP contribution in [0.15, 0.2) is 15.0 Å². The minimum absolute atomic E-state index is 0.0920. The van der Waals surface area contributed by atoms with E-state index in [-0.39, 0.29) is 20.9 Å². The first-order valence-corrected chi connectivity index (χ1v) is 4.85. The summed E-state index contributed by atoms with van der Waals surface area (Å²) < 4.78 is 26.1. The Labute approximate surface area is 90.6 Å². The standard InChI is InChI=1S/C8H3Br2F2N/c9-5-3-6(11)7(10)8(12)4(5)1-2-13/h3H,1H2. The zero-order valence-corrected chi connectivity index (χ0v) is 9.42. The zero-order chi connectivity index (χ0) is 10.0. The molecule has 0 aliphatic heterocycles. The predicted molar refractivity (Wildman–Crippen MR) is 51.1 cm³/mol. The lowest BCUT2D eigenvalue weighted by Crippen LogP contribution is -1.95. The third kappa shape index (κ3) is 2.06. The van der Waals surface area contributed by atoms with Gasteiger partial charge in [0, 0.05) is 10.0 Å². The molecule has 0 aromatic heterocycles. The van der Waals surface area contributed by atoms with Gasteiger partial charge in [-0.1, -0.05) is 15.9 Å². The lowest BCUT2D eigenvalue weighted by atomic mass is 10.1. The largest absolute Gasteiger partial charge is 0.206 e. The second-order valence-corrected chi connectivity index (χ2v) is 3.93. The van der Waals surface area contributed by atoms with Crippen LogP contribution in [0.25, 0.3) is 0 Å². The molecule has 0 bridgehead atoms. The molecule has 0 N–H and O–H groups in total. The van der Waals surface area contributed by atoms with Crippen LogP contribution in [0.5, 0.6) is 0 Å². The van der Waals surface area contributed by atoms with E-state index in [1.54, 1.807) is 6.07 Å². The molecule has 1 nitrogen and oxygen atoms in total. The van der Waals surface area contributed by atoms with E-state index in [9.17, 15) is 8.78 Å². The smallest absolute Gasteiger partial charge is 0.145 e. The van der Waals surface area contributed by atoms with Crippen LogP contribution < -0.4 is 0 Å². The number of hydrogen-bond acceptors (Lipinski definition) is 1. The van der Waals surface area contributed by atoms with Crippen LogP contribution in [0.4, 0.5) is 8.78 Å². The van der Waals surface area contributed by atoms with E-state index in [0.29, 0.717) is 0 Å². The minimum atomic E-state index is -0.728. The number of halogens is 4. The van der Waals surface area contributed by atoms with Crippen LogP contribution in [0.1, 0.15) is 5.56 Å². The Balaban J connectivity index is 3.36. The Hall–Kier alpha value is -0.470. The van der Waals surface area contributed by atoms with Crippen molar-refractivity contribution in [3.8, 4) is 6.07 Å². The Morgan fingerprint density at radius 3 is 2.54 bits per heavy atom. The molecule has 0 fully saturated rings. The Bertz CT molecular complexity index is 385. The summed E-state index contributed by atoms with van der Waals surface area (Å²) in [5.74, 6) is -1.42. The SMILES string of the molecule is N#CCc1c(Br)cc(F)c(Br)c1F. The monoisotopic (exact) mass is 309 g/mol. The molecule has 0 unspecified atom stereocenters. The molecule has 1 rings (SSSR count). The van der Waals surface area contributed by atoms with E-state index in [2.05, 4.69) is 31.9 Å². The maximum Gasteiger partial charge on any atom is 0.145 e. The van der Waals surface area contributed by atoms with Gasteiger partial charge in [-0.25, -0.2) is 8.78 Å². The highest BCUT2D eigenvalue weighted by molar-refractivity contribution is 9.11.